The number of unbranched alkanes of at least 4 members (excludes halogenated alkanes) is 13. The molecule has 0 saturated carbocycles. The topological polar surface area (TPSA) is 230 Å². The number of carbonyl (C=O) groups excluding carboxylic acids is 3. The molecule has 1 unspecified atom stereocenters. The molecule has 3 amide bonds. The van der Waals surface area contributed by atoms with Crippen LogP contribution in [0.3, 0.4) is 0 Å². The Labute approximate surface area is 332 Å². The lowest BCUT2D eigenvalue weighted by atomic mass is 10.0. The van der Waals surface area contributed by atoms with E-state index < -0.39 is 24.1 Å². The number of nitrogens with one attached hydrogen (secondary N) is 3. The highest BCUT2D eigenvalue weighted by atomic mass is 16.6. The van der Waals surface area contributed by atoms with Crippen molar-refractivity contribution in [1.82, 2.24) is 30.9 Å². The van der Waals surface area contributed by atoms with Crippen LogP contribution >= 0.6 is 0 Å². The van der Waals surface area contributed by atoms with Gasteiger partial charge in [0, 0.05) is 45.0 Å². The molecule has 17 heteroatoms. The third kappa shape index (κ3) is 31.4. The number of carboxylic acids is 2. The highest BCUT2D eigenvalue weighted by Crippen LogP contribution is 2.13. The van der Waals surface area contributed by atoms with E-state index in [0.29, 0.717) is 59.0 Å². The van der Waals surface area contributed by atoms with Crippen LogP contribution in [0.15, 0.2) is 6.20 Å². The summed E-state index contributed by atoms with van der Waals surface area (Å²) in [7, 11) is 0. The van der Waals surface area contributed by atoms with Gasteiger partial charge in [-0.1, -0.05) is 89.2 Å². The molecule has 1 aromatic heterocycles. The van der Waals surface area contributed by atoms with Crippen LogP contribution in [-0.4, -0.2) is 120 Å². The Morgan fingerprint density at radius 1 is 0.661 bits per heavy atom. The van der Waals surface area contributed by atoms with Crippen molar-refractivity contribution in [1.29, 1.82) is 0 Å². The van der Waals surface area contributed by atoms with Crippen molar-refractivity contribution in [3.8, 4) is 0 Å². The van der Waals surface area contributed by atoms with Gasteiger partial charge in [-0.2, -0.15) is 0 Å². The summed E-state index contributed by atoms with van der Waals surface area (Å²) in [5, 5.41) is 34.2. The van der Waals surface area contributed by atoms with E-state index in [0.717, 1.165) is 76.3 Å². The second-order valence-electron chi connectivity index (χ2n) is 13.8. The fraction of sp³-hybridized carbons (Fsp3) is 0.821. The fourth-order valence-electron chi connectivity index (χ4n) is 5.61. The predicted molar refractivity (Wildman–Crippen MR) is 209 cm³/mol. The summed E-state index contributed by atoms with van der Waals surface area (Å²) in [6.07, 6.45) is 17.9. The number of hydrogen-bond donors (Lipinski definition) is 5. The van der Waals surface area contributed by atoms with E-state index in [2.05, 4.69) is 33.2 Å². The predicted octanol–water partition coefficient (Wildman–Crippen LogP) is 4.80. The molecule has 0 aliphatic rings. The summed E-state index contributed by atoms with van der Waals surface area (Å²) >= 11 is 0. The van der Waals surface area contributed by atoms with Crippen molar-refractivity contribution in [3.05, 3.63) is 11.9 Å². The molecule has 0 spiro atoms. The van der Waals surface area contributed by atoms with Gasteiger partial charge in [-0.05, 0) is 25.7 Å². The molecule has 17 nitrogen and oxygen atoms in total. The molecule has 1 atom stereocenters. The molecule has 0 fully saturated rings. The Bertz CT molecular complexity index is 1190. The van der Waals surface area contributed by atoms with Crippen molar-refractivity contribution >= 4 is 29.8 Å². The molecule has 5 N–H and O–H groups in total. The molecule has 0 aliphatic heterocycles. The summed E-state index contributed by atoms with van der Waals surface area (Å²) < 4.78 is 23.4. The number of aromatic nitrogens is 3. The zero-order valence-corrected chi connectivity index (χ0v) is 33.8. The average Bonchev–Trinajstić information content (AvgIpc) is 3.62. The maximum atomic E-state index is 12.3. The van der Waals surface area contributed by atoms with Crippen LogP contribution in [0, 0.1) is 0 Å². The van der Waals surface area contributed by atoms with Crippen molar-refractivity contribution in [2.45, 2.75) is 148 Å². The molecule has 0 aromatic carbocycles. The Morgan fingerprint density at radius 3 is 1.86 bits per heavy atom. The number of rotatable bonds is 39. The third-order valence-corrected chi connectivity index (χ3v) is 8.84. The molecule has 56 heavy (non-hydrogen) atoms. The lowest BCUT2D eigenvalue weighted by Gasteiger charge is -2.14. The Kier molecular flexibility index (Phi) is 31.9. The number of carbonyl (C=O) groups is 5. The van der Waals surface area contributed by atoms with Crippen molar-refractivity contribution in [2.75, 3.05) is 59.3 Å². The van der Waals surface area contributed by atoms with Gasteiger partial charge in [0.05, 0.1) is 58.5 Å². The number of alkyl carbamates (subject to hydrolysis) is 1. The fourth-order valence-corrected chi connectivity index (χ4v) is 5.61. The first-order chi connectivity index (χ1) is 27.2. The first-order valence-electron chi connectivity index (χ1n) is 20.7. The molecule has 0 saturated heterocycles. The molecule has 1 heterocycles. The van der Waals surface area contributed by atoms with E-state index in [4.69, 9.17) is 24.1 Å². The number of carboxylic acid groups (broad SMARTS) is 2. The maximum absolute atomic E-state index is 12.3. The minimum atomic E-state index is -1.16. The highest BCUT2D eigenvalue weighted by molar-refractivity contribution is 5.84. The first kappa shape index (κ1) is 50.2. The van der Waals surface area contributed by atoms with Crippen LogP contribution in [0.1, 0.15) is 135 Å². The first-order valence-corrected chi connectivity index (χ1v) is 20.7. The van der Waals surface area contributed by atoms with E-state index in [1.807, 2.05) is 0 Å². The zero-order valence-electron chi connectivity index (χ0n) is 33.8. The standard InChI is InChI=1S/C39H70N6O11/c1-2-3-16-22-41-39(52)56-25-21-33-32-45(44-43-33)24-27-54-29-31-55-30-28-53-26-23-40-35(46)20-19-34(38(50)51)42-36(47)17-14-12-10-8-6-4-5-7-9-11-13-15-18-37(48)49/h32,34H,2-31H2,1H3,(H,40,46)(H,41,52)(H,42,47)(H,48,49)(H,50,51). The molecule has 0 aliphatic carbocycles. The van der Waals surface area contributed by atoms with Gasteiger partial charge < -0.3 is 45.1 Å². The number of ether oxygens (including phenoxy) is 4. The van der Waals surface area contributed by atoms with E-state index in [-0.39, 0.29) is 57.3 Å². The van der Waals surface area contributed by atoms with Crippen LogP contribution in [-0.2, 0) is 51.1 Å². The van der Waals surface area contributed by atoms with Gasteiger partial charge in [0.2, 0.25) is 11.8 Å². The van der Waals surface area contributed by atoms with Gasteiger partial charge in [-0.3, -0.25) is 14.4 Å². The molecule has 1 rings (SSSR count). The SMILES string of the molecule is CCCCCNC(=O)OCCc1cn(CCOCCOCCOCCNC(=O)CCC(NC(=O)CCCCCCCCCCCCCCC(=O)O)C(=O)O)nn1. The average molecular weight is 799 g/mol. The Hall–Kier alpha value is -3.83. The van der Waals surface area contributed by atoms with Gasteiger partial charge >= 0.3 is 18.0 Å². The van der Waals surface area contributed by atoms with E-state index in [1.165, 1.54) is 19.3 Å². The number of aliphatic carboxylic acids is 2. The minimum Gasteiger partial charge on any atom is -0.481 e. The summed E-state index contributed by atoms with van der Waals surface area (Å²) in [6, 6.07) is -1.12. The quantitative estimate of drug-likeness (QED) is 0.0565. The molecule has 322 valence electrons. The minimum absolute atomic E-state index is 0.00192. The summed E-state index contributed by atoms with van der Waals surface area (Å²) in [5.74, 6) is -2.51. The van der Waals surface area contributed by atoms with Crippen molar-refractivity contribution < 1.29 is 53.1 Å². The zero-order chi connectivity index (χ0) is 40.9. The summed E-state index contributed by atoms with van der Waals surface area (Å²) in [4.78, 5) is 58.3. The lowest BCUT2D eigenvalue weighted by molar-refractivity contribution is -0.142. The Morgan fingerprint density at radius 2 is 1.25 bits per heavy atom. The largest absolute Gasteiger partial charge is 0.481 e. The molecular weight excluding hydrogens is 728 g/mol. The summed E-state index contributed by atoms with van der Waals surface area (Å²) in [6.45, 7) is 5.96. The van der Waals surface area contributed by atoms with Crippen molar-refractivity contribution in [2.24, 2.45) is 0 Å². The number of amides is 3. The number of hydrogen-bond acceptors (Lipinski definition) is 11. The third-order valence-electron chi connectivity index (χ3n) is 8.84. The van der Waals surface area contributed by atoms with Crippen LogP contribution in [0.5, 0.6) is 0 Å². The second kappa shape index (κ2) is 35.6. The molecule has 1 aromatic rings. The van der Waals surface area contributed by atoms with E-state index in [9.17, 15) is 29.1 Å². The van der Waals surface area contributed by atoms with Crippen LogP contribution in [0.2, 0.25) is 0 Å². The van der Waals surface area contributed by atoms with Crippen LogP contribution in [0.25, 0.3) is 0 Å². The van der Waals surface area contributed by atoms with Crippen LogP contribution < -0.4 is 16.0 Å². The normalized spacial score (nSPS) is 11.6. The second-order valence-corrected chi connectivity index (χ2v) is 13.8. The highest BCUT2D eigenvalue weighted by Gasteiger charge is 2.20. The van der Waals surface area contributed by atoms with Gasteiger partial charge in [-0.25, -0.2) is 14.3 Å². The van der Waals surface area contributed by atoms with Gasteiger partial charge in [0.15, 0.2) is 0 Å². The van der Waals surface area contributed by atoms with Crippen LogP contribution in [0.4, 0.5) is 4.79 Å². The molecular formula is C39H70N6O11. The maximum Gasteiger partial charge on any atom is 0.407 e. The molecule has 0 radical (unpaired) electrons. The van der Waals surface area contributed by atoms with E-state index in [1.54, 1.807) is 10.9 Å². The van der Waals surface area contributed by atoms with Gasteiger partial charge in [0.25, 0.3) is 0 Å². The van der Waals surface area contributed by atoms with Gasteiger partial charge in [0.1, 0.15) is 6.04 Å². The van der Waals surface area contributed by atoms with Crippen molar-refractivity contribution in [3.63, 3.8) is 0 Å². The number of nitrogens with zero attached hydrogens (tertiary/aromatic N) is 3. The van der Waals surface area contributed by atoms with E-state index >= 15 is 0 Å². The lowest BCUT2D eigenvalue weighted by Crippen LogP contribution is -2.41. The smallest absolute Gasteiger partial charge is 0.407 e. The van der Waals surface area contributed by atoms with Gasteiger partial charge in [-0.15, -0.1) is 5.10 Å². The summed E-state index contributed by atoms with van der Waals surface area (Å²) in [5.41, 5.74) is 0.729. The Balaban J connectivity index is 1.94. The monoisotopic (exact) mass is 799 g/mol. The molecule has 0 bridgehead atoms.